The van der Waals surface area contributed by atoms with Crippen LogP contribution < -0.4 is 10.1 Å². The van der Waals surface area contributed by atoms with Gasteiger partial charge in [0.05, 0.1) is 0 Å². The zero-order valence-corrected chi connectivity index (χ0v) is 13.5. The molecule has 1 N–H and O–H groups in total. The van der Waals surface area contributed by atoms with Gasteiger partial charge in [-0.25, -0.2) is 4.39 Å². The molecule has 0 unspecified atom stereocenters. The van der Waals surface area contributed by atoms with Gasteiger partial charge in [-0.1, -0.05) is 29.8 Å². The van der Waals surface area contributed by atoms with Gasteiger partial charge in [-0.3, -0.25) is 4.79 Å². The standard InChI is InChI=1S/C19H22FNO2/c1-14-5-7-16(8-6-14)4-3-13-21-19(22)15(2)23-18-11-9-17(20)10-12-18/h5-12,15H,3-4,13H2,1-2H3,(H,21,22)/t15-/m0/s1. The quantitative estimate of drug-likeness (QED) is 0.792. The highest BCUT2D eigenvalue weighted by atomic mass is 19.1. The SMILES string of the molecule is Cc1ccc(CCCNC(=O)[C@H](C)Oc2ccc(F)cc2)cc1. The Hall–Kier alpha value is -2.36. The molecular weight excluding hydrogens is 293 g/mol. The molecule has 0 aliphatic heterocycles. The molecule has 4 heteroatoms. The summed E-state index contributed by atoms with van der Waals surface area (Å²) >= 11 is 0. The number of carbonyl (C=O) groups is 1. The summed E-state index contributed by atoms with van der Waals surface area (Å²) in [5, 5.41) is 2.86. The van der Waals surface area contributed by atoms with Crippen molar-refractivity contribution in [2.75, 3.05) is 6.54 Å². The third-order valence-corrected chi connectivity index (χ3v) is 3.56. The van der Waals surface area contributed by atoms with E-state index in [0.717, 1.165) is 12.8 Å². The number of hydrogen-bond acceptors (Lipinski definition) is 2. The first-order valence-electron chi connectivity index (χ1n) is 7.80. The van der Waals surface area contributed by atoms with E-state index < -0.39 is 6.10 Å². The van der Waals surface area contributed by atoms with Gasteiger partial charge in [0.15, 0.2) is 6.10 Å². The van der Waals surface area contributed by atoms with E-state index in [1.54, 1.807) is 6.92 Å². The molecule has 0 saturated carbocycles. The van der Waals surface area contributed by atoms with Crippen molar-refractivity contribution in [3.8, 4) is 5.75 Å². The number of benzene rings is 2. The van der Waals surface area contributed by atoms with Crippen LogP contribution in [0.4, 0.5) is 4.39 Å². The molecule has 0 aliphatic carbocycles. The minimum atomic E-state index is -0.611. The second kappa shape index (κ2) is 8.32. The van der Waals surface area contributed by atoms with Crippen LogP contribution in [0.2, 0.25) is 0 Å². The number of hydrogen-bond donors (Lipinski definition) is 1. The lowest BCUT2D eigenvalue weighted by Crippen LogP contribution is -2.36. The van der Waals surface area contributed by atoms with E-state index in [1.165, 1.54) is 35.4 Å². The van der Waals surface area contributed by atoms with E-state index in [0.29, 0.717) is 12.3 Å². The number of nitrogens with one attached hydrogen (secondary N) is 1. The Morgan fingerprint density at radius 2 is 1.78 bits per heavy atom. The van der Waals surface area contributed by atoms with Gasteiger partial charge >= 0.3 is 0 Å². The normalized spacial score (nSPS) is 11.8. The minimum Gasteiger partial charge on any atom is -0.481 e. The third kappa shape index (κ3) is 5.74. The molecule has 1 atom stereocenters. The molecule has 2 aromatic rings. The Labute approximate surface area is 136 Å². The van der Waals surface area contributed by atoms with E-state index in [2.05, 4.69) is 36.5 Å². The molecule has 122 valence electrons. The Morgan fingerprint density at radius 1 is 1.13 bits per heavy atom. The van der Waals surface area contributed by atoms with Crippen LogP contribution in [0, 0.1) is 12.7 Å². The van der Waals surface area contributed by atoms with Crippen LogP contribution >= 0.6 is 0 Å². The van der Waals surface area contributed by atoms with Crippen LogP contribution in [0.25, 0.3) is 0 Å². The highest BCUT2D eigenvalue weighted by Gasteiger charge is 2.13. The second-order valence-corrected chi connectivity index (χ2v) is 5.59. The van der Waals surface area contributed by atoms with Crippen molar-refractivity contribution >= 4 is 5.91 Å². The fourth-order valence-corrected chi connectivity index (χ4v) is 2.17. The highest BCUT2D eigenvalue weighted by molar-refractivity contribution is 5.80. The van der Waals surface area contributed by atoms with Gasteiger partial charge in [0.1, 0.15) is 11.6 Å². The van der Waals surface area contributed by atoms with Crippen molar-refractivity contribution in [2.45, 2.75) is 32.8 Å². The maximum absolute atomic E-state index is 12.8. The maximum atomic E-state index is 12.8. The van der Waals surface area contributed by atoms with Crippen LogP contribution in [0.3, 0.4) is 0 Å². The number of rotatable bonds is 7. The van der Waals surface area contributed by atoms with Crippen LogP contribution in [-0.2, 0) is 11.2 Å². The minimum absolute atomic E-state index is 0.168. The van der Waals surface area contributed by atoms with E-state index in [9.17, 15) is 9.18 Å². The first kappa shape index (κ1) is 17.0. The summed E-state index contributed by atoms with van der Waals surface area (Å²) in [4.78, 5) is 12.0. The van der Waals surface area contributed by atoms with Crippen LogP contribution in [0.5, 0.6) is 5.75 Å². The monoisotopic (exact) mass is 315 g/mol. The second-order valence-electron chi connectivity index (χ2n) is 5.59. The molecule has 0 spiro atoms. The van der Waals surface area contributed by atoms with E-state index >= 15 is 0 Å². The third-order valence-electron chi connectivity index (χ3n) is 3.56. The Morgan fingerprint density at radius 3 is 2.43 bits per heavy atom. The molecule has 0 radical (unpaired) electrons. The summed E-state index contributed by atoms with van der Waals surface area (Å²) < 4.78 is 18.3. The van der Waals surface area contributed by atoms with Crippen molar-refractivity contribution in [3.05, 3.63) is 65.5 Å². The molecule has 23 heavy (non-hydrogen) atoms. The Balaban J connectivity index is 1.69. The van der Waals surface area contributed by atoms with E-state index in [1.807, 2.05) is 0 Å². The van der Waals surface area contributed by atoms with Gasteiger partial charge in [0.2, 0.25) is 0 Å². The van der Waals surface area contributed by atoms with Crippen molar-refractivity contribution in [2.24, 2.45) is 0 Å². The number of ether oxygens (including phenoxy) is 1. The summed E-state index contributed by atoms with van der Waals surface area (Å²) in [6.45, 7) is 4.34. The zero-order chi connectivity index (χ0) is 16.7. The average molecular weight is 315 g/mol. The molecule has 2 aromatic carbocycles. The van der Waals surface area contributed by atoms with Crippen molar-refractivity contribution < 1.29 is 13.9 Å². The summed E-state index contributed by atoms with van der Waals surface area (Å²) in [7, 11) is 0. The molecule has 1 amide bonds. The number of carbonyl (C=O) groups excluding carboxylic acids is 1. The fourth-order valence-electron chi connectivity index (χ4n) is 2.17. The predicted molar refractivity (Wildman–Crippen MR) is 89.0 cm³/mol. The summed E-state index contributed by atoms with van der Waals surface area (Å²) in [6, 6.07) is 14.0. The Bertz CT molecular complexity index is 623. The largest absolute Gasteiger partial charge is 0.481 e. The number of aryl methyl sites for hydroxylation is 2. The maximum Gasteiger partial charge on any atom is 0.260 e. The average Bonchev–Trinajstić information content (AvgIpc) is 2.55. The number of halogens is 1. The zero-order valence-electron chi connectivity index (χ0n) is 13.5. The van der Waals surface area contributed by atoms with Crippen LogP contribution in [0.15, 0.2) is 48.5 Å². The lowest BCUT2D eigenvalue weighted by atomic mass is 10.1. The van der Waals surface area contributed by atoms with Gasteiger partial charge in [-0.15, -0.1) is 0 Å². The van der Waals surface area contributed by atoms with Gasteiger partial charge in [-0.05, 0) is 56.5 Å². The molecule has 0 aliphatic rings. The van der Waals surface area contributed by atoms with Gasteiger partial charge in [0, 0.05) is 6.54 Å². The summed E-state index contributed by atoms with van der Waals surface area (Å²) in [6.07, 6.45) is 1.19. The van der Waals surface area contributed by atoms with Crippen molar-refractivity contribution in [3.63, 3.8) is 0 Å². The van der Waals surface area contributed by atoms with Gasteiger partial charge < -0.3 is 10.1 Å². The molecule has 0 fully saturated rings. The molecular formula is C19H22FNO2. The lowest BCUT2D eigenvalue weighted by molar-refractivity contribution is -0.127. The van der Waals surface area contributed by atoms with Gasteiger partial charge in [0.25, 0.3) is 5.91 Å². The smallest absolute Gasteiger partial charge is 0.260 e. The number of amides is 1. The Kier molecular flexibility index (Phi) is 6.15. The highest BCUT2D eigenvalue weighted by Crippen LogP contribution is 2.13. The topological polar surface area (TPSA) is 38.3 Å². The molecule has 3 nitrogen and oxygen atoms in total. The molecule has 0 aromatic heterocycles. The summed E-state index contributed by atoms with van der Waals surface area (Å²) in [5.74, 6) is -0.0162. The molecule has 0 heterocycles. The molecule has 2 rings (SSSR count). The van der Waals surface area contributed by atoms with Crippen molar-refractivity contribution in [1.29, 1.82) is 0 Å². The van der Waals surface area contributed by atoms with Gasteiger partial charge in [-0.2, -0.15) is 0 Å². The van der Waals surface area contributed by atoms with Crippen molar-refractivity contribution in [1.82, 2.24) is 5.32 Å². The predicted octanol–water partition coefficient (Wildman–Crippen LogP) is 3.65. The first-order valence-corrected chi connectivity index (χ1v) is 7.80. The first-order chi connectivity index (χ1) is 11.0. The molecule has 0 bridgehead atoms. The molecule has 0 saturated heterocycles. The summed E-state index contributed by atoms with van der Waals surface area (Å²) in [5.41, 5.74) is 2.51. The van der Waals surface area contributed by atoms with Crippen LogP contribution in [0.1, 0.15) is 24.5 Å². The van der Waals surface area contributed by atoms with E-state index in [-0.39, 0.29) is 11.7 Å². The van der Waals surface area contributed by atoms with Crippen LogP contribution in [-0.4, -0.2) is 18.6 Å². The fraction of sp³-hybridized carbons (Fsp3) is 0.316. The lowest BCUT2D eigenvalue weighted by Gasteiger charge is -2.14. The van der Waals surface area contributed by atoms with E-state index in [4.69, 9.17) is 4.74 Å².